The molecule has 0 spiro atoms. The van der Waals surface area contributed by atoms with Gasteiger partial charge in [0.15, 0.2) is 0 Å². The van der Waals surface area contributed by atoms with Crippen LogP contribution in [-0.4, -0.2) is 41.7 Å². The summed E-state index contributed by atoms with van der Waals surface area (Å²) >= 11 is 0. The Kier molecular flexibility index (Phi) is 4.23. The Morgan fingerprint density at radius 2 is 2.11 bits per heavy atom. The minimum absolute atomic E-state index is 0.179. The lowest BCUT2D eigenvalue weighted by Crippen LogP contribution is -2.45. The molecule has 0 atom stereocenters. The van der Waals surface area contributed by atoms with Gasteiger partial charge in [-0.15, -0.1) is 0 Å². The summed E-state index contributed by atoms with van der Waals surface area (Å²) in [7, 11) is -3.16. The molecule has 2 heterocycles. The first-order chi connectivity index (χ1) is 8.98. The maximum atomic E-state index is 12.0. The smallest absolute Gasteiger partial charge is 0.214 e. The van der Waals surface area contributed by atoms with E-state index < -0.39 is 15.6 Å². The minimum Gasteiger partial charge on any atom is -0.385 e. The number of hydrogen-bond acceptors (Lipinski definition) is 4. The number of rotatable bonds is 4. The zero-order chi connectivity index (χ0) is 13.9. The highest BCUT2D eigenvalue weighted by molar-refractivity contribution is 7.89. The van der Waals surface area contributed by atoms with Crippen LogP contribution in [0.3, 0.4) is 0 Å². The van der Waals surface area contributed by atoms with E-state index >= 15 is 0 Å². The Bertz CT molecular complexity index is 508. The quantitative estimate of drug-likeness (QED) is 0.899. The van der Waals surface area contributed by atoms with Gasteiger partial charge < -0.3 is 5.11 Å². The topological polar surface area (TPSA) is 70.5 Å². The predicted octanol–water partition coefficient (Wildman–Crippen LogP) is 1.10. The van der Waals surface area contributed by atoms with Crippen LogP contribution in [0, 0.1) is 0 Å². The van der Waals surface area contributed by atoms with Gasteiger partial charge in [0.2, 0.25) is 10.0 Å². The Balaban J connectivity index is 2.07. The molecule has 106 valence electrons. The average molecular weight is 284 g/mol. The minimum atomic E-state index is -3.16. The molecule has 0 saturated carbocycles. The fraction of sp³-hybridized carbons (Fsp3) is 0.615. The summed E-state index contributed by atoms with van der Waals surface area (Å²) in [5, 5.41) is 10.6. The van der Waals surface area contributed by atoms with Gasteiger partial charge in [-0.05, 0) is 25.3 Å². The second-order valence-corrected chi connectivity index (χ2v) is 7.08. The standard InChI is InChI=1S/C13H20N2O3S/c1-2-10-19(17,18)15-8-5-13(16,6-9-15)12-4-3-7-14-11-12/h3-4,7,11,16H,2,5-6,8-10H2,1H3. The SMILES string of the molecule is CCCS(=O)(=O)N1CCC(O)(c2cccnc2)CC1. The van der Waals surface area contributed by atoms with Crippen LogP contribution < -0.4 is 0 Å². The third kappa shape index (κ3) is 3.13. The molecule has 0 bridgehead atoms. The van der Waals surface area contributed by atoms with E-state index in [1.165, 1.54) is 4.31 Å². The molecule has 5 nitrogen and oxygen atoms in total. The number of piperidine rings is 1. The Hall–Kier alpha value is -0.980. The van der Waals surface area contributed by atoms with E-state index in [1.54, 1.807) is 18.5 Å². The van der Waals surface area contributed by atoms with Crippen LogP contribution in [-0.2, 0) is 15.6 Å². The largest absolute Gasteiger partial charge is 0.385 e. The molecule has 19 heavy (non-hydrogen) atoms. The molecule has 1 fully saturated rings. The molecule has 0 radical (unpaired) electrons. The first kappa shape index (κ1) is 14.4. The Morgan fingerprint density at radius 3 is 2.63 bits per heavy atom. The zero-order valence-electron chi connectivity index (χ0n) is 11.1. The maximum absolute atomic E-state index is 12.0. The van der Waals surface area contributed by atoms with E-state index in [1.807, 2.05) is 13.0 Å². The molecular weight excluding hydrogens is 264 g/mol. The van der Waals surface area contributed by atoms with E-state index in [2.05, 4.69) is 4.98 Å². The molecule has 6 heteroatoms. The van der Waals surface area contributed by atoms with Crippen LogP contribution in [0.4, 0.5) is 0 Å². The van der Waals surface area contributed by atoms with Crippen molar-refractivity contribution in [3.63, 3.8) is 0 Å². The van der Waals surface area contributed by atoms with Gasteiger partial charge >= 0.3 is 0 Å². The average Bonchev–Trinajstić information content (AvgIpc) is 2.40. The molecule has 1 N–H and O–H groups in total. The van der Waals surface area contributed by atoms with Crippen LogP contribution >= 0.6 is 0 Å². The molecule has 1 saturated heterocycles. The Labute approximate surface area is 114 Å². The van der Waals surface area contributed by atoms with Crippen LogP contribution in [0.15, 0.2) is 24.5 Å². The lowest BCUT2D eigenvalue weighted by molar-refractivity contribution is -0.00988. The highest BCUT2D eigenvalue weighted by Crippen LogP contribution is 2.33. The van der Waals surface area contributed by atoms with Crippen molar-refractivity contribution in [1.29, 1.82) is 0 Å². The van der Waals surface area contributed by atoms with Crippen molar-refractivity contribution in [3.8, 4) is 0 Å². The lowest BCUT2D eigenvalue weighted by atomic mass is 9.86. The van der Waals surface area contributed by atoms with Crippen molar-refractivity contribution in [2.45, 2.75) is 31.8 Å². The molecular formula is C13H20N2O3S. The van der Waals surface area contributed by atoms with Gasteiger partial charge in [-0.25, -0.2) is 12.7 Å². The number of nitrogens with zero attached hydrogens (tertiary/aromatic N) is 2. The lowest BCUT2D eigenvalue weighted by Gasteiger charge is -2.37. The molecule has 0 aromatic carbocycles. The normalized spacial score (nSPS) is 20.3. The summed E-state index contributed by atoms with van der Waals surface area (Å²) in [6.45, 7) is 2.59. The maximum Gasteiger partial charge on any atom is 0.214 e. The van der Waals surface area contributed by atoms with Gasteiger partial charge in [0.1, 0.15) is 0 Å². The van der Waals surface area contributed by atoms with Crippen LogP contribution in [0.2, 0.25) is 0 Å². The van der Waals surface area contributed by atoms with Crippen molar-refractivity contribution in [3.05, 3.63) is 30.1 Å². The summed E-state index contributed by atoms with van der Waals surface area (Å²) in [5.41, 5.74) is -0.186. The van der Waals surface area contributed by atoms with Gasteiger partial charge in [-0.3, -0.25) is 4.98 Å². The first-order valence-corrected chi connectivity index (χ1v) is 8.19. The van der Waals surface area contributed by atoms with Gasteiger partial charge in [0.05, 0.1) is 11.4 Å². The van der Waals surface area contributed by atoms with E-state index in [0.717, 1.165) is 5.56 Å². The second kappa shape index (κ2) is 5.56. The Morgan fingerprint density at radius 1 is 1.42 bits per heavy atom. The summed E-state index contributed by atoms with van der Waals surface area (Å²) in [5.74, 6) is 0.179. The molecule has 0 aliphatic carbocycles. The van der Waals surface area contributed by atoms with Crippen molar-refractivity contribution in [2.75, 3.05) is 18.8 Å². The van der Waals surface area contributed by atoms with Crippen molar-refractivity contribution in [2.24, 2.45) is 0 Å². The number of pyridine rings is 1. The van der Waals surface area contributed by atoms with Gasteiger partial charge in [-0.2, -0.15) is 0 Å². The summed E-state index contributed by atoms with van der Waals surface area (Å²) in [6.07, 6.45) is 4.76. The molecule has 0 unspecified atom stereocenters. The van der Waals surface area contributed by atoms with Crippen molar-refractivity contribution in [1.82, 2.24) is 9.29 Å². The van der Waals surface area contributed by atoms with Crippen molar-refractivity contribution < 1.29 is 13.5 Å². The van der Waals surface area contributed by atoms with E-state index in [-0.39, 0.29) is 5.75 Å². The molecule has 0 amide bonds. The summed E-state index contributed by atoms with van der Waals surface area (Å²) in [6, 6.07) is 3.62. The van der Waals surface area contributed by atoms with Gasteiger partial charge in [-0.1, -0.05) is 13.0 Å². The van der Waals surface area contributed by atoms with E-state index in [9.17, 15) is 13.5 Å². The third-order valence-electron chi connectivity index (χ3n) is 3.60. The third-order valence-corrected chi connectivity index (χ3v) is 5.68. The highest BCUT2D eigenvalue weighted by atomic mass is 32.2. The molecule has 1 aliphatic rings. The number of aromatic nitrogens is 1. The fourth-order valence-electron chi connectivity index (χ4n) is 2.45. The second-order valence-electron chi connectivity index (χ2n) is 4.99. The molecule has 1 aliphatic heterocycles. The molecule has 2 rings (SSSR count). The number of aliphatic hydroxyl groups is 1. The fourth-order valence-corrected chi connectivity index (χ4v) is 3.96. The van der Waals surface area contributed by atoms with Gasteiger partial charge in [0, 0.05) is 31.0 Å². The summed E-state index contributed by atoms with van der Waals surface area (Å²) < 4.78 is 25.4. The summed E-state index contributed by atoms with van der Waals surface area (Å²) in [4.78, 5) is 4.01. The van der Waals surface area contributed by atoms with Crippen molar-refractivity contribution >= 4 is 10.0 Å². The predicted molar refractivity (Wildman–Crippen MR) is 73.0 cm³/mol. The number of sulfonamides is 1. The monoisotopic (exact) mass is 284 g/mol. The van der Waals surface area contributed by atoms with E-state index in [4.69, 9.17) is 0 Å². The molecule has 1 aromatic rings. The number of hydrogen-bond donors (Lipinski definition) is 1. The highest BCUT2D eigenvalue weighted by Gasteiger charge is 2.37. The van der Waals surface area contributed by atoms with E-state index in [0.29, 0.717) is 32.4 Å². The first-order valence-electron chi connectivity index (χ1n) is 6.59. The van der Waals surface area contributed by atoms with Crippen LogP contribution in [0.1, 0.15) is 31.7 Å². The van der Waals surface area contributed by atoms with Crippen LogP contribution in [0.25, 0.3) is 0 Å². The van der Waals surface area contributed by atoms with Crippen LogP contribution in [0.5, 0.6) is 0 Å². The molecule has 1 aromatic heterocycles. The zero-order valence-corrected chi connectivity index (χ0v) is 11.9. The van der Waals surface area contributed by atoms with Gasteiger partial charge in [0.25, 0.3) is 0 Å².